The molecule has 1 aromatic carbocycles. The molecule has 1 heterocycles. The number of benzene rings is 1. The fourth-order valence-electron chi connectivity index (χ4n) is 1.20. The van der Waals surface area contributed by atoms with Gasteiger partial charge in [0.25, 0.3) is 5.24 Å². The standard InChI is InChI=1S/C10H6BrNO2S2/c11-6-1-2-7(13)5(3-6)4-8-9(15)12-10(14)16-8/h1-4,13H,(H,12,14,15)/b8-4-. The number of thiocarbonyl (C=S) groups is 1. The SMILES string of the molecule is O=C1NC(=S)/C(=C/c2cc(Br)ccc2O)S1. The Bertz CT molecular complexity index is 514. The topological polar surface area (TPSA) is 49.3 Å². The summed E-state index contributed by atoms with van der Waals surface area (Å²) in [5, 5.41) is 12.0. The predicted molar refractivity (Wildman–Crippen MR) is 72.5 cm³/mol. The van der Waals surface area contributed by atoms with E-state index in [0.717, 1.165) is 16.2 Å². The maximum Gasteiger partial charge on any atom is 0.289 e. The first-order valence-electron chi connectivity index (χ1n) is 4.29. The number of nitrogens with one attached hydrogen (secondary N) is 1. The number of amides is 1. The van der Waals surface area contributed by atoms with Gasteiger partial charge in [-0.25, -0.2) is 0 Å². The van der Waals surface area contributed by atoms with E-state index in [1.807, 2.05) is 0 Å². The molecule has 1 fully saturated rings. The Morgan fingerprint density at radius 2 is 2.25 bits per heavy atom. The third kappa shape index (κ3) is 2.45. The molecular formula is C10H6BrNO2S2. The Morgan fingerprint density at radius 3 is 2.88 bits per heavy atom. The number of rotatable bonds is 1. The van der Waals surface area contributed by atoms with Gasteiger partial charge >= 0.3 is 0 Å². The molecule has 82 valence electrons. The van der Waals surface area contributed by atoms with Crippen LogP contribution in [0.5, 0.6) is 5.75 Å². The van der Waals surface area contributed by atoms with Gasteiger partial charge in [0.05, 0.1) is 4.91 Å². The van der Waals surface area contributed by atoms with Crippen molar-refractivity contribution in [2.24, 2.45) is 0 Å². The van der Waals surface area contributed by atoms with Crippen LogP contribution in [-0.4, -0.2) is 15.3 Å². The normalized spacial score (nSPS) is 17.9. The minimum Gasteiger partial charge on any atom is -0.507 e. The molecule has 1 aliphatic rings. The first-order chi connectivity index (χ1) is 7.56. The molecule has 2 rings (SSSR count). The van der Waals surface area contributed by atoms with Crippen LogP contribution in [0.3, 0.4) is 0 Å². The van der Waals surface area contributed by atoms with E-state index in [1.54, 1.807) is 24.3 Å². The minimum atomic E-state index is -0.189. The lowest BCUT2D eigenvalue weighted by molar-refractivity contribution is 0.265. The van der Waals surface area contributed by atoms with Gasteiger partial charge in [-0.05, 0) is 36.0 Å². The first-order valence-corrected chi connectivity index (χ1v) is 6.31. The monoisotopic (exact) mass is 315 g/mol. The lowest BCUT2D eigenvalue weighted by atomic mass is 10.2. The van der Waals surface area contributed by atoms with Crippen molar-refractivity contribution in [1.82, 2.24) is 5.32 Å². The molecule has 0 atom stereocenters. The average molecular weight is 316 g/mol. The van der Waals surface area contributed by atoms with Crippen LogP contribution in [-0.2, 0) is 0 Å². The molecule has 1 amide bonds. The van der Waals surface area contributed by atoms with E-state index in [9.17, 15) is 9.90 Å². The van der Waals surface area contributed by atoms with E-state index in [4.69, 9.17) is 12.2 Å². The Hall–Kier alpha value is -0.850. The van der Waals surface area contributed by atoms with E-state index >= 15 is 0 Å². The van der Waals surface area contributed by atoms with Gasteiger partial charge in [0.2, 0.25) is 0 Å². The summed E-state index contributed by atoms with van der Waals surface area (Å²) in [6.45, 7) is 0. The minimum absolute atomic E-state index is 0.151. The molecular weight excluding hydrogens is 310 g/mol. The van der Waals surface area contributed by atoms with Gasteiger partial charge < -0.3 is 10.4 Å². The van der Waals surface area contributed by atoms with Gasteiger partial charge in [-0.2, -0.15) is 0 Å². The number of hydrogen-bond acceptors (Lipinski definition) is 4. The van der Waals surface area contributed by atoms with E-state index < -0.39 is 0 Å². The average Bonchev–Trinajstić information content (AvgIpc) is 2.51. The number of carbonyl (C=O) groups excluding carboxylic acids is 1. The van der Waals surface area contributed by atoms with Gasteiger partial charge in [0.15, 0.2) is 0 Å². The Balaban J connectivity index is 2.39. The number of thioether (sulfide) groups is 1. The van der Waals surface area contributed by atoms with Crippen LogP contribution in [0.1, 0.15) is 5.56 Å². The number of hydrogen-bond donors (Lipinski definition) is 2. The summed E-state index contributed by atoms with van der Waals surface area (Å²) in [6, 6.07) is 5.07. The smallest absolute Gasteiger partial charge is 0.289 e. The molecule has 2 N–H and O–H groups in total. The van der Waals surface area contributed by atoms with Crippen LogP contribution >= 0.6 is 39.9 Å². The second kappa shape index (κ2) is 4.57. The van der Waals surface area contributed by atoms with Crippen LogP contribution in [0.25, 0.3) is 6.08 Å². The fourth-order valence-corrected chi connectivity index (χ4v) is 2.61. The third-order valence-electron chi connectivity index (χ3n) is 1.92. The van der Waals surface area contributed by atoms with Gasteiger partial charge in [0, 0.05) is 10.0 Å². The maximum atomic E-state index is 11.1. The molecule has 16 heavy (non-hydrogen) atoms. The Labute approximate surface area is 110 Å². The molecule has 3 nitrogen and oxygen atoms in total. The van der Waals surface area contributed by atoms with E-state index in [1.165, 1.54) is 0 Å². The Kier molecular flexibility index (Phi) is 3.32. The molecule has 0 aliphatic carbocycles. The van der Waals surface area contributed by atoms with Crippen molar-refractivity contribution in [3.8, 4) is 5.75 Å². The van der Waals surface area contributed by atoms with Crippen LogP contribution in [0, 0.1) is 0 Å². The van der Waals surface area contributed by atoms with Crippen LogP contribution < -0.4 is 5.32 Å². The number of aromatic hydroxyl groups is 1. The number of carbonyl (C=O) groups is 1. The lowest BCUT2D eigenvalue weighted by Gasteiger charge is -2.00. The van der Waals surface area contributed by atoms with Crippen LogP contribution in [0.15, 0.2) is 27.6 Å². The molecule has 6 heteroatoms. The molecule has 0 radical (unpaired) electrons. The molecule has 1 aliphatic heterocycles. The van der Waals surface area contributed by atoms with Gasteiger partial charge in [-0.15, -0.1) is 0 Å². The van der Waals surface area contributed by atoms with Crippen molar-refractivity contribution < 1.29 is 9.90 Å². The van der Waals surface area contributed by atoms with E-state index in [-0.39, 0.29) is 11.0 Å². The van der Waals surface area contributed by atoms with Crippen molar-refractivity contribution in [3.63, 3.8) is 0 Å². The van der Waals surface area contributed by atoms with E-state index in [2.05, 4.69) is 21.2 Å². The molecule has 0 spiro atoms. The second-order valence-electron chi connectivity index (χ2n) is 3.06. The summed E-state index contributed by atoms with van der Waals surface area (Å²) in [5.74, 6) is 0.151. The number of phenolic OH excluding ortho intramolecular Hbond substituents is 1. The van der Waals surface area contributed by atoms with Gasteiger partial charge in [0.1, 0.15) is 10.7 Å². The largest absolute Gasteiger partial charge is 0.507 e. The zero-order valence-corrected chi connectivity index (χ0v) is 11.1. The lowest BCUT2D eigenvalue weighted by Crippen LogP contribution is -2.15. The molecule has 0 unspecified atom stereocenters. The van der Waals surface area contributed by atoms with Crippen molar-refractivity contribution >= 4 is 56.2 Å². The molecule has 0 bridgehead atoms. The van der Waals surface area contributed by atoms with Crippen molar-refractivity contribution in [2.45, 2.75) is 0 Å². The fraction of sp³-hybridized carbons (Fsp3) is 0. The summed E-state index contributed by atoms with van der Waals surface area (Å²) in [5.41, 5.74) is 0.621. The molecule has 1 aromatic rings. The van der Waals surface area contributed by atoms with Gasteiger partial charge in [-0.1, -0.05) is 28.1 Å². The number of phenols is 1. The van der Waals surface area contributed by atoms with Crippen molar-refractivity contribution in [2.75, 3.05) is 0 Å². The highest BCUT2D eigenvalue weighted by atomic mass is 79.9. The molecule has 0 saturated carbocycles. The zero-order valence-electron chi connectivity index (χ0n) is 7.86. The quantitative estimate of drug-likeness (QED) is 0.617. The summed E-state index contributed by atoms with van der Waals surface area (Å²) in [7, 11) is 0. The molecule has 1 saturated heterocycles. The summed E-state index contributed by atoms with van der Waals surface area (Å²) in [6.07, 6.45) is 1.69. The molecule has 0 aromatic heterocycles. The van der Waals surface area contributed by atoms with Crippen molar-refractivity contribution in [1.29, 1.82) is 0 Å². The van der Waals surface area contributed by atoms with Crippen molar-refractivity contribution in [3.05, 3.63) is 33.1 Å². The van der Waals surface area contributed by atoms with Gasteiger partial charge in [-0.3, -0.25) is 4.79 Å². The summed E-state index contributed by atoms with van der Waals surface area (Å²) < 4.78 is 0.852. The first kappa shape index (κ1) is 11.6. The highest BCUT2D eigenvalue weighted by Gasteiger charge is 2.21. The zero-order chi connectivity index (χ0) is 11.7. The van der Waals surface area contributed by atoms with Crippen LogP contribution in [0.4, 0.5) is 4.79 Å². The highest BCUT2D eigenvalue weighted by Crippen LogP contribution is 2.30. The predicted octanol–water partition coefficient (Wildman–Crippen LogP) is 3.28. The highest BCUT2D eigenvalue weighted by molar-refractivity contribution is 9.10. The maximum absolute atomic E-state index is 11.1. The van der Waals surface area contributed by atoms with Crippen LogP contribution in [0.2, 0.25) is 0 Å². The summed E-state index contributed by atoms with van der Waals surface area (Å²) >= 11 is 9.31. The number of halogens is 1. The Morgan fingerprint density at radius 1 is 1.50 bits per heavy atom. The van der Waals surface area contributed by atoms with E-state index in [0.29, 0.717) is 15.5 Å². The third-order valence-corrected chi connectivity index (χ3v) is 3.69. The second-order valence-corrected chi connectivity index (χ2v) is 5.39. The summed E-state index contributed by atoms with van der Waals surface area (Å²) in [4.78, 5) is 12.1.